The molecule has 0 aliphatic carbocycles. The van der Waals surface area contributed by atoms with Gasteiger partial charge in [0.05, 0.1) is 0 Å². The van der Waals surface area contributed by atoms with Crippen molar-refractivity contribution in [1.29, 1.82) is 0 Å². The number of benzene rings is 2. The van der Waals surface area contributed by atoms with Crippen LogP contribution in [-0.2, 0) is 6.42 Å². The van der Waals surface area contributed by atoms with Crippen molar-refractivity contribution in [2.75, 3.05) is 19.6 Å². The molecular formula is C21H24N2. The Morgan fingerprint density at radius 3 is 2.48 bits per heavy atom. The van der Waals surface area contributed by atoms with E-state index >= 15 is 0 Å². The van der Waals surface area contributed by atoms with E-state index in [9.17, 15) is 0 Å². The molecule has 0 spiro atoms. The number of fused-ring (bicyclic) bond motifs is 1. The number of aromatic amines is 1. The molecule has 2 heterocycles. The molecule has 1 N–H and O–H groups in total. The van der Waals surface area contributed by atoms with Crippen molar-refractivity contribution in [1.82, 2.24) is 9.88 Å². The molecule has 1 fully saturated rings. The van der Waals surface area contributed by atoms with Crippen LogP contribution in [0.3, 0.4) is 0 Å². The van der Waals surface area contributed by atoms with Crippen LogP contribution in [0.4, 0.5) is 0 Å². The van der Waals surface area contributed by atoms with E-state index in [0.717, 1.165) is 12.3 Å². The number of para-hydroxylation sites is 1. The van der Waals surface area contributed by atoms with Gasteiger partial charge in [-0.2, -0.15) is 0 Å². The molecule has 1 aliphatic heterocycles. The normalized spacial score (nSPS) is 16.9. The molecule has 1 aromatic heterocycles. The molecule has 3 aromatic rings. The zero-order valence-electron chi connectivity index (χ0n) is 13.5. The summed E-state index contributed by atoms with van der Waals surface area (Å²) in [7, 11) is 0. The van der Waals surface area contributed by atoms with Gasteiger partial charge in [-0.05, 0) is 55.5 Å². The number of rotatable bonds is 4. The van der Waals surface area contributed by atoms with Crippen LogP contribution in [-0.4, -0.2) is 29.5 Å². The first-order chi connectivity index (χ1) is 11.4. The van der Waals surface area contributed by atoms with Crippen molar-refractivity contribution >= 4 is 10.9 Å². The van der Waals surface area contributed by atoms with E-state index in [0.29, 0.717) is 0 Å². The van der Waals surface area contributed by atoms with Crippen LogP contribution < -0.4 is 0 Å². The molecule has 0 radical (unpaired) electrons. The van der Waals surface area contributed by atoms with Crippen LogP contribution in [0.15, 0.2) is 60.8 Å². The minimum absolute atomic E-state index is 0.750. The van der Waals surface area contributed by atoms with Gasteiger partial charge in [0.15, 0.2) is 0 Å². The Balaban J connectivity index is 1.33. The molecule has 0 atom stereocenters. The second-order valence-electron chi connectivity index (χ2n) is 6.64. The van der Waals surface area contributed by atoms with Gasteiger partial charge in [0.1, 0.15) is 0 Å². The number of nitrogens with one attached hydrogen (secondary N) is 1. The molecule has 0 saturated carbocycles. The lowest BCUT2D eigenvalue weighted by Crippen LogP contribution is -2.34. The summed E-state index contributed by atoms with van der Waals surface area (Å²) in [5.41, 5.74) is 4.22. The SMILES string of the molecule is c1ccc(C2CCN(CCc3c[nH]c4ccccc34)CC2)cc1. The van der Waals surface area contributed by atoms with Gasteiger partial charge in [-0.25, -0.2) is 0 Å². The maximum absolute atomic E-state index is 3.39. The Morgan fingerprint density at radius 2 is 1.65 bits per heavy atom. The van der Waals surface area contributed by atoms with Crippen LogP contribution in [0.5, 0.6) is 0 Å². The smallest absolute Gasteiger partial charge is 0.0456 e. The Morgan fingerprint density at radius 1 is 0.913 bits per heavy atom. The number of likely N-dealkylation sites (tertiary alicyclic amines) is 1. The van der Waals surface area contributed by atoms with Crippen LogP contribution in [0.2, 0.25) is 0 Å². The number of aromatic nitrogens is 1. The summed E-state index contributed by atoms with van der Waals surface area (Å²) in [6.07, 6.45) is 5.90. The van der Waals surface area contributed by atoms with Gasteiger partial charge < -0.3 is 9.88 Å². The third-order valence-corrected chi connectivity index (χ3v) is 5.23. The van der Waals surface area contributed by atoms with Crippen molar-refractivity contribution in [3.63, 3.8) is 0 Å². The van der Waals surface area contributed by atoms with Crippen LogP contribution in [0, 0.1) is 0 Å². The molecule has 0 amide bonds. The summed E-state index contributed by atoms with van der Waals surface area (Å²) in [6, 6.07) is 19.6. The fourth-order valence-corrected chi connectivity index (χ4v) is 3.83. The van der Waals surface area contributed by atoms with Crippen LogP contribution in [0.25, 0.3) is 10.9 Å². The minimum Gasteiger partial charge on any atom is -0.361 e. The molecule has 1 aliphatic rings. The van der Waals surface area contributed by atoms with Gasteiger partial charge in [0.25, 0.3) is 0 Å². The monoisotopic (exact) mass is 304 g/mol. The number of piperidine rings is 1. The molecular weight excluding hydrogens is 280 g/mol. The van der Waals surface area contributed by atoms with Crippen LogP contribution >= 0.6 is 0 Å². The first-order valence-corrected chi connectivity index (χ1v) is 8.72. The summed E-state index contributed by atoms with van der Waals surface area (Å²) < 4.78 is 0. The van der Waals surface area contributed by atoms with Gasteiger partial charge >= 0.3 is 0 Å². The minimum atomic E-state index is 0.750. The maximum Gasteiger partial charge on any atom is 0.0456 e. The fraction of sp³-hybridized carbons (Fsp3) is 0.333. The lowest BCUT2D eigenvalue weighted by atomic mass is 9.89. The van der Waals surface area contributed by atoms with E-state index in [1.807, 2.05) is 0 Å². The lowest BCUT2D eigenvalue weighted by molar-refractivity contribution is 0.215. The Labute approximate surface area is 138 Å². The summed E-state index contributed by atoms with van der Waals surface area (Å²) >= 11 is 0. The van der Waals surface area contributed by atoms with Gasteiger partial charge in [0.2, 0.25) is 0 Å². The maximum atomic E-state index is 3.39. The van der Waals surface area contributed by atoms with Crippen molar-refractivity contribution in [2.24, 2.45) is 0 Å². The predicted molar refractivity (Wildman–Crippen MR) is 96.9 cm³/mol. The van der Waals surface area contributed by atoms with E-state index in [-0.39, 0.29) is 0 Å². The molecule has 0 bridgehead atoms. The highest BCUT2D eigenvalue weighted by atomic mass is 15.1. The summed E-state index contributed by atoms with van der Waals surface area (Å²) in [6.45, 7) is 3.62. The topological polar surface area (TPSA) is 19.0 Å². The zero-order chi connectivity index (χ0) is 15.5. The standard InChI is InChI=1S/C21H24N2/c1-2-6-17(7-3-1)18-10-13-23(14-11-18)15-12-19-16-22-21-9-5-4-8-20(19)21/h1-9,16,18,22H,10-15H2. The Bertz CT molecular complexity index is 752. The molecule has 1 saturated heterocycles. The molecule has 4 rings (SSSR count). The highest BCUT2D eigenvalue weighted by Crippen LogP contribution is 2.28. The van der Waals surface area contributed by atoms with Crippen molar-refractivity contribution in [3.05, 3.63) is 71.9 Å². The van der Waals surface area contributed by atoms with E-state index in [1.54, 1.807) is 0 Å². The quantitative estimate of drug-likeness (QED) is 0.747. The summed E-state index contributed by atoms with van der Waals surface area (Å²) in [5.74, 6) is 0.750. The van der Waals surface area contributed by atoms with Crippen molar-refractivity contribution < 1.29 is 0 Å². The molecule has 2 heteroatoms. The van der Waals surface area contributed by atoms with E-state index in [4.69, 9.17) is 0 Å². The van der Waals surface area contributed by atoms with E-state index in [1.165, 1.54) is 54.5 Å². The Hall–Kier alpha value is -2.06. The molecule has 0 unspecified atom stereocenters. The molecule has 118 valence electrons. The molecule has 2 aromatic carbocycles. The van der Waals surface area contributed by atoms with Gasteiger partial charge in [-0.15, -0.1) is 0 Å². The lowest BCUT2D eigenvalue weighted by Gasteiger charge is -2.32. The number of hydrogen-bond acceptors (Lipinski definition) is 1. The Kier molecular flexibility index (Phi) is 4.16. The third-order valence-electron chi connectivity index (χ3n) is 5.23. The van der Waals surface area contributed by atoms with Gasteiger partial charge in [-0.3, -0.25) is 0 Å². The average molecular weight is 304 g/mol. The van der Waals surface area contributed by atoms with Gasteiger partial charge in [-0.1, -0.05) is 48.5 Å². The average Bonchev–Trinajstić information content (AvgIpc) is 3.04. The third kappa shape index (κ3) is 3.18. The highest BCUT2D eigenvalue weighted by Gasteiger charge is 2.20. The largest absolute Gasteiger partial charge is 0.361 e. The van der Waals surface area contributed by atoms with Gasteiger partial charge in [0, 0.05) is 23.6 Å². The van der Waals surface area contributed by atoms with Crippen molar-refractivity contribution in [3.8, 4) is 0 Å². The predicted octanol–water partition coefficient (Wildman–Crippen LogP) is 4.59. The second-order valence-corrected chi connectivity index (χ2v) is 6.64. The zero-order valence-corrected chi connectivity index (χ0v) is 13.5. The first kappa shape index (κ1) is 14.5. The number of hydrogen-bond donors (Lipinski definition) is 1. The van der Waals surface area contributed by atoms with Crippen molar-refractivity contribution in [2.45, 2.75) is 25.2 Å². The second kappa shape index (κ2) is 6.59. The molecule has 23 heavy (non-hydrogen) atoms. The fourth-order valence-electron chi connectivity index (χ4n) is 3.83. The summed E-state index contributed by atoms with van der Waals surface area (Å²) in [4.78, 5) is 6.01. The number of H-pyrrole nitrogens is 1. The van der Waals surface area contributed by atoms with E-state index in [2.05, 4.69) is 70.7 Å². The molecule has 2 nitrogen and oxygen atoms in total. The summed E-state index contributed by atoms with van der Waals surface area (Å²) in [5, 5.41) is 1.38. The number of nitrogens with zero attached hydrogens (tertiary/aromatic N) is 1. The van der Waals surface area contributed by atoms with Crippen LogP contribution in [0.1, 0.15) is 29.9 Å². The highest BCUT2D eigenvalue weighted by molar-refractivity contribution is 5.83. The van der Waals surface area contributed by atoms with E-state index < -0.39 is 0 Å². The first-order valence-electron chi connectivity index (χ1n) is 8.72.